The van der Waals surface area contributed by atoms with Gasteiger partial charge in [-0.3, -0.25) is 4.79 Å². The Labute approximate surface area is 159 Å². The van der Waals surface area contributed by atoms with E-state index in [1.54, 1.807) is 34.8 Å². The molecule has 4 rings (SSSR count). The third-order valence-electron chi connectivity index (χ3n) is 4.44. The summed E-state index contributed by atoms with van der Waals surface area (Å²) < 4.78 is 13.0. The van der Waals surface area contributed by atoms with Gasteiger partial charge in [0.25, 0.3) is 0 Å². The maximum Gasteiger partial charge on any atom is 0.228 e. The summed E-state index contributed by atoms with van der Waals surface area (Å²) in [5, 5.41) is 4.98. The Morgan fingerprint density at radius 2 is 1.85 bits per heavy atom. The number of carbonyl (C=O) groups excluding carboxylic acids is 1. The number of anilines is 1. The molecule has 1 aromatic carbocycles. The molecule has 7 heteroatoms. The lowest BCUT2D eigenvalue weighted by molar-refractivity contribution is -0.130. The predicted octanol–water partition coefficient (Wildman–Crippen LogP) is 3.90. The fraction of sp³-hybridized carbons (Fsp3) is 0.263. The van der Waals surface area contributed by atoms with E-state index in [0.717, 1.165) is 34.4 Å². The first kappa shape index (κ1) is 17.2. The standard InChI is InChI=1S/C19H18FN3OS2/c20-14-3-5-16(6-4-14)22-7-9-23(10-8-22)18(24)12-15-13-26-19(21-15)17-2-1-11-25-17/h1-6,11,13H,7-10,12H2. The molecule has 1 amide bonds. The van der Waals surface area contributed by atoms with Crippen LogP contribution in [0.1, 0.15) is 5.69 Å². The molecule has 0 N–H and O–H groups in total. The second-order valence-corrected chi connectivity index (χ2v) is 7.95. The first-order valence-corrected chi connectivity index (χ1v) is 10.2. The van der Waals surface area contributed by atoms with Gasteiger partial charge in [0.05, 0.1) is 17.0 Å². The van der Waals surface area contributed by atoms with Crippen molar-refractivity contribution in [3.05, 3.63) is 58.7 Å². The highest BCUT2D eigenvalue weighted by Crippen LogP contribution is 2.28. The number of amides is 1. The van der Waals surface area contributed by atoms with Crippen LogP contribution in [0.15, 0.2) is 47.2 Å². The monoisotopic (exact) mass is 387 g/mol. The Balaban J connectivity index is 1.33. The first-order valence-electron chi connectivity index (χ1n) is 8.45. The minimum atomic E-state index is -0.229. The fourth-order valence-electron chi connectivity index (χ4n) is 3.03. The largest absolute Gasteiger partial charge is 0.368 e. The zero-order valence-electron chi connectivity index (χ0n) is 14.1. The Kier molecular flexibility index (Phi) is 4.99. The Morgan fingerprint density at radius 3 is 2.54 bits per heavy atom. The molecule has 1 saturated heterocycles. The number of nitrogens with zero attached hydrogens (tertiary/aromatic N) is 3. The summed E-state index contributed by atoms with van der Waals surface area (Å²) in [6.07, 6.45) is 0.346. The third-order valence-corrected chi connectivity index (χ3v) is 6.37. The number of benzene rings is 1. The number of thiophene rings is 1. The van der Waals surface area contributed by atoms with Gasteiger partial charge in [-0.1, -0.05) is 6.07 Å². The molecule has 0 unspecified atom stereocenters. The third kappa shape index (κ3) is 3.78. The lowest BCUT2D eigenvalue weighted by Gasteiger charge is -2.36. The number of aromatic nitrogens is 1. The smallest absolute Gasteiger partial charge is 0.228 e. The maximum atomic E-state index is 13.0. The summed E-state index contributed by atoms with van der Waals surface area (Å²) in [7, 11) is 0. The molecule has 2 aromatic heterocycles. The number of thiazole rings is 1. The lowest BCUT2D eigenvalue weighted by atomic mass is 10.2. The molecule has 4 nitrogen and oxygen atoms in total. The first-order chi connectivity index (χ1) is 12.7. The summed E-state index contributed by atoms with van der Waals surface area (Å²) in [6.45, 7) is 2.88. The van der Waals surface area contributed by atoms with Gasteiger partial charge in [-0.05, 0) is 35.7 Å². The molecule has 134 valence electrons. The average Bonchev–Trinajstić information content (AvgIpc) is 3.34. The molecule has 0 saturated carbocycles. The van der Waals surface area contributed by atoms with Crippen molar-refractivity contribution >= 4 is 34.3 Å². The van der Waals surface area contributed by atoms with Gasteiger partial charge < -0.3 is 9.80 Å². The van der Waals surface area contributed by atoms with Crippen LogP contribution in [0.4, 0.5) is 10.1 Å². The summed E-state index contributed by atoms with van der Waals surface area (Å²) in [6, 6.07) is 10.6. The van der Waals surface area contributed by atoms with E-state index in [2.05, 4.69) is 9.88 Å². The zero-order valence-corrected chi connectivity index (χ0v) is 15.7. The van der Waals surface area contributed by atoms with Crippen molar-refractivity contribution in [3.63, 3.8) is 0 Å². The molecule has 0 atom stereocenters. The molecule has 3 heterocycles. The Morgan fingerprint density at radius 1 is 1.08 bits per heavy atom. The minimum Gasteiger partial charge on any atom is -0.368 e. The topological polar surface area (TPSA) is 36.4 Å². The van der Waals surface area contributed by atoms with Crippen LogP contribution in [0.5, 0.6) is 0 Å². The van der Waals surface area contributed by atoms with E-state index in [1.165, 1.54) is 12.1 Å². The summed E-state index contributed by atoms with van der Waals surface area (Å²) in [5.41, 5.74) is 1.84. The summed E-state index contributed by atoms with van der Waals surface area (Å²) in [4.78, 5) is 22.4. The lowest BCUT2D eigenvalue weighted by Crippen LogP contribution is -2.49. The highest BCUT2D eigenvalue weighted by molar-refractivity contribution is 7.20. The van der Waals surface area contributed by atoms with Gasteiger partial charge in [-0.15, -0.1) is 22.7 Å². The molecule has 1 fully saturated rings. The van der Waals surface area contributed by atoms with E-state index in [4.69, 9.17) is 0 Å². The van der Waals surface area contributed by atoms with Crippen molar-refractivity contribution < 1.29 is 9.18 Å². The van der Waals surface area contributed by atoms with Crippen LogP contribution in [0.2, 0.25) is 0 Å². The molecule has 3 aromatic rings. The molecule has 0 bridgehead atoms. The van der Waals surface area contributed by atoms with Crippen LogP contribution in [-0.2, 0) is 11.2 Å². The van der Waals surface area contributed by atoms with Crippen LogP contribution in [0.25, 0.3) is 9.88 Å². The van der Waals surface area contributed by atoms with E-state index < -0.39 is 0 Å². The molecular formula is C19H18FN3OS2. The second-order valence-electron chi connectivity index (χ2n) is 6.14. The fourth-order valence-corrected chi connectivity index (χ4v) is 4.67. The quantitative estimate of drug-likeness (QED) is 0.681. The van der Waals surface area contributed by atoms with Crippen LogP contribution in [0.3, 0.4) is 0 Å². The van der Waals surface area contributed by atoms with Crippen molar-refractivity contribution in [3.8, 4) is 9.88 Å². The number of piperazine rings is 1. The molecule has 1 aliphatic heterocycles. The van der Waals surface area contributed by atoms with E-state index in [1.807, 2.05) is 27.8 Å². The molecule has 0 radical (unpaired) electrons. The molecule has 1 aliphatic rings. The molecule has 0 aliphatic carbocycles. The second kappa shape index (κ2) is 7.55. The van der Waals surface area contributed by atoms with Gasteiger partial charge in [0, 0.05) is 37.2 Å². The van der Waals surface area contributed by atoms with Gasteiger partial charge in [0.15, 0.2) is 0 Å². The van der Waals surface area contributed by atoms with Gasteiger partial charge in [0.1, 0.15) is 10.8 Å². The minimum absolute atomic E-state index is 0.117. The number of carbonyl (C=O) groups is 1. The molecular weight excluding hydrogens is 369 g/mol. The number of rotatable bonds is 4. The predicted molar refractivity (Wildman–Crippen MR) is 104 cm³/mol. The van der Waals surface area contributed by atoms with Crippen molar-refractivity contribution in [2.45, 2.75) is 6.42 Å². The van der Waals surface area contributed by atoms with Crippen molar-refractivity contribution in [2.24, 2.45) is 0 Å². The van der Waals surface area contributed by atoms with E-state index in [0.29, 0.717) is 19.5 Å². The summed E-state index contributed by atoms with van der Waals surface area (Å²) >= 11 is 3.24. The number of halogens is 1. The normalized spacial score (nSPS) is 14.7. The van der Waals surface area contributed by atoms with E-state index in [9.17, 15) is 9.18 Å². The van der Waals surface area contributed by atoms with Crippen LogP contribution >= 0.6 is 22.7 Å². The van der Waals surface area contributed by atoms with Gasteiger partial charge in [-0.2, -0.15) is 0 Å². The highest BCUT2D eigenvalue weighted by atomic mass is 32.1. The number of hydrogen-bond acceptors (Lipinski definition) is 5. The van der Waals surface area contributed by atoms with Gasteiger partial charge >= 0.3 is 0 Å². The van der Waals surface area contributed by atoms with E-state index in [-0.39, 0.29) is 11.7 Å². The van der Waals surface area contributed by atoms with Crippen LogP contribution < -0.4 is 4.90 Å². The SMILES string of the molecule is O=C(Cc1csc(-c2cccs2)n1)N1CCN(c2ccc(F)cc2)CC1. The van der Waals surface area contributed by atoms with Gasteiger partial charge in [0.2, 0.25) is 5.91 Å². The van der Waals surface area contributed by atoms with Crippen molar-refractivity contribution in [1.29, 1.82) is 0 Å². The van der Waals surface area contributed by atoms with Crippen LogP contribution in [-0.4, -0.2) is 42.0 Å². The summed E-state index contributed by atoms with van der Waals surface area (Å²) in [5.74, 6) is -0.112. The molecule has 26 heavy (non-hydrogen) atoms. The molecule has 0 spiro atoms. The number of hydrogen-bond donors (Lipinski definition) is 0. The highest BCUT2D eigenvalue weighted by Gasteiger charge is 2.22. The van der Waals surface area contributed by atoms with Gasteiger partial charge in [-0.25, -0.2) is 9.37 Å². The average molecular weight is 388 g/mol. The zero-order chi connectivity index (χ0) is 17.9. The van der Waals surface area contributed by atoms with Crippen molar-refractivity contribution in [2.75, 3.05) is 31.1 Å². The van der Waals surface area contributed by atoms with Crippen molar-refractivity contribution in [1.82, 2.24) is 9.88 Å². The van der Waals surface area contributed by atoms with E-state index >= 15 is 0 Å². The maximum absolute atomic E-state index is 13.0. The Hall–Kier alpha value is -2.25. The van der Waals surface area contributed by atoms with Crippen LogP contribution in [0, 0.1) is 5.82 Å². The Bertz CT molecular complexity index is 869.